The standard InChI is InChI=1S/C8H7NOS.C2H6/c1-6-5-11-8-4-2-3-7(10)9(6)8;1-2/h2-5H,1H3;1-2H3. The normalized spacial score (nSPS) is 9.46. The minimum atomic E-state index is 0.0567. The van der Waals surface area contributed by atoms with Crippen molar-refractivity contribution in [1.82, 2.24) is 4.40 Å². The summed E-state index contributed by atoms with van der Waals surface area (Å²) in [6.07, 6.45) is 0. The zero-order valence-corrected chi connectivity index (χ0v) is 8.89. The molecule has 0 atom stereocenters. The summed E-state index contributed by atoms with van der Waals surface area (Å²) in [5.41, 5.74) is 1.07. The Balaban J connectivity index is 0.000000396. The van der Waals surface area contributed by atoms with Crippen LogP contribution in [0.25, 0.3) is 4.83 Å². The molecule has 0 radical (unpaired) electrons. The zero-order chi connectivity index (χ0) is 9.84. The molecule has 2 rings (SSSR count). The first-order valence-corrected chi connectivity index (χ1v) is 5.23. The van der Waals surface area contributed by atoms with Crippen LogP contribution in [0.4, 0.5) is 0 Å². The van der Waals surface area contributed by atoms with Crippen LogP contribution in [0.15, 0.2) is 28.4 Å². The van der Waals surface area contributed by atoms with Gasteiger partial charge in [-0.05, 0) is 13.0 Å². The fraction of sp³-hybridized carbons (Fsp3) is 0.300. The largest absolute Gasteiger partial charge is 0.272 e. The summed E-state index contributed by atoms with van der Waals surface area (Å²) in [6, 6.07) is 5.30. The van der Waals surface area contributed by atoms with Crippen molar-refractivity contribution in [2.75, 3.05) is 0 Å². The molecule has 2 aromatic rings. The Morgan fingerprint density at radius 3 is 2.62 bits per heavy atom. The van der Waals surface area contributed by atoms with Crippen molar-refractivity contribution in [2.45, 2.75) is 20.8 Å². The minimum absolute atomic E-state index is 0.0567. The first-order chi connectivity index (χ1) is 6.29. The van der Waals surface area contributed by atoms with E-state index in [1.807, 2.05) is 32.2 Å². The van der Waals surface area contributed by atoms with Crippen LogP contribution in [-0.4, -0.2) is 4.40 Å². The van der Waals surface area contributed by atoms with Crippen LogP contribution in [0.2, 0.25) is 0 Å². The van der Waals surface area contributed by atoms with Gasteiger partial charge in [-0.25, -0.2) is 0 Å². The number of nitrogens with zero attached hydrogens (tertiary/aromatic N) is 1. The molecule has 0 bridgehead atoms. The number of hydrogen-bond donors (Lipinski definition) is 0. The minimum Gasteiger partial charge on any atom is -0.272 e. The van der Waals surface area contributed by atoms with Gasteiger partial charge < -0.3 is 0 Å². The molecule has 0 aliphatic heterocycles. The summed E-state index contributed by atoms with van der Waals surface area (Å²) in [5, 5.41) is 1.98. The fourth-order valence-corrected chi connectivity index (χ4v) is 2.00. The van der Waals surface area contributed by atoms with Gasteiger partial charge >= 0.3 is 0 Å². The van der Waals surface area contributed by atoms with Crippen molar-refractivity contribution in [1.29, 1.82) is 0 Å². The van der Waals surface area contributed by atoms with E-state index in [9.17, 15) is 4.79 Å². The Kier molecular flexibility index (Phi) is 3.25. The molecule has 70 valence electrons. The van der Waals surface area contributed by atoms with Gasteiger partial charge in [0.2, 0.25) is 0 Å². The van der Waals surface area contributed by atoms with E-state index in [2.05, 4.69) is 0 Å². The van der Waals surface area contributed by atoms with Gasteiger partial charge in [-0.3, -0.25) is 9.20 Å². The van der Waals surface area contributed by atoms with Crippen molar-refractivity contribution in [2.24, 2.45) is 0 Å². The van der Waals surface area contributed by atoms with Crippen molar-refractivity contribution in [3.63, 3.8) is 0 Å². The molecule has 0 aliphatic carbocycles. The Morgan fingerprint density at radius 1 is 1.31 bits per heavy atom. The smallest absolute Gasteiger partial charge is 0.255 e. The molecule has 0 saturated heterocycles. The van der Waals surface area contributed by atoms with Gasteiger partial charge in [0.15, 0.2) is 0 Å². The number of aryl methyl sites for hydroxylation is 1. The molecule has 13 heavy (non-hydrogen) atoms. The van der Waals surface area contributed by atoms with E-state index in [1.165, 1.54) is 0 Å². The highest BCUT2D eigenvalue weighted by molar-refractivity contribution is 7.15. The summed E-state index contributed by atoms with van der Waals surface area (Å²) >= 11 is 1.59. The second-order valence-electron chi connectivity index (χ2n) is 2.41. The number of fused-ring (bicyclic) bond motifs is 1. The van der Waals surface area contributed by atoms with Gasteiger partial charge in [-0.15, -0.1) is 11.3 Å². The average Bonchev–Trinajstić information content (AvgIpc) is 2.53. The predicted octanol–water partition coefficient (Wildman–Crippen LogP) is 2.70. The van der Waals surface area contributed by atoms with Gasteiger partial charge in [-0.2, -0.15) is 0 Å². The number of aromatic nitrogens is 1. The van der Waals surface area contributed by atoms with Crippen LogP contribution in [0.5, 0.6) is 0 Å². The molecule has 0 aromatic carbocycles. The summed E-state index contributed by atoms with van der Waals surface area (Å²) in [7, 11) is 0. The molecule has 0 spiro atoms. The molecule has 2 nitrogen and oxygen atoms in total. The summed E-state index contributed by atoms with van der Waals surface area (Å²) in [4.78, 5) is 12.2. The third kappa shape index (κ3) is 1.80. The van der Waals surface area contributed by atoms with Crippen LogP contribution in [0.3, 0.4) is 0 Å². The average molecular weight is 195 g/mol. The van der Waals surface area contributed by atoms with Gasteiger partial charge in [0.25, 0.3) is 5.56 Å². The van der Waals surface area contributed by atoms with E-state index in [0.717, 1.165) is 10.5 Å². The lowest BCUT2D eigenvalue weighted by molar-refractivity contribution is 1.06. The van der Waals surface area contributed by atoms with E-state index in [0.29, 0.717) is 0 Å². The molecular weight excluding hydrogens is 182 g/mol. The van der Waals surface area contributed by atoms with Crippen LogP contribution in [-0.2, 0) is 0 Å². The SMILES string of the molecule is CC.Cc1csc2cccc(=O)n12. The molecule has 0 N–H and O–H groups in total. The molecule has 0 unspecified atom stereocenters. The molecule has 0 amide bonds. The fourth-order valence-electron chi connectivity index (χ4n) is 1.11. The van der Waals surface area contributed by atoms with Gasteiger partial charge in [-0.1, -0.05) is 19.9 Å². The molecule has 0 saturated carbocycles. The molecule has 2 aromatic heterocycles. The highest BCUT2D eigenvalue weighted by atomic mass is 32.1. The Morgan fingerprint density at radius 2 is 2.00 bits per heavy atom. The van der Waals surface area contributed by atoms with Crippen LogP contribution in [0.1, 0.15) is 19.5 Å². The quantitative estimate of drug-likeness (QED) is 0.633. The molecule has 0 aliphatic rings. The maximum absolute atomic E-state index is 11.2. The van der Waals surface area contributed by atoms with Crippen molar-refractivity contribution in [3.8, 4) is 0 Å². The first kappa shape index (κ1) is 9.99. The maximum atomic E-state index is 11.2. The van der Waals surface area contributed by atoms with E-state index >= 15 is 0 Å². The van der Waals surface area contributed by atoms with E-state index in [1.54, 1.807) is 27.9 Å². The molecular formula is C10H13NOS. The topological polar surface area (TPSA) is 21.5 Å². The van der Waals surface area contributed by atoms with E-state index < -0.39 is 0 Å². The monoisotopic (exact) mass is 195 g/mol. The third-order valence-corrected chi connectivity index (χ3v) is 2.64. The summed E-state index contributed by atoms with van der Waals surface area (Å²) in [5.74, 6) is 0. The van der Waals surface area contributed by atoms with Crippen molar-refractivity contribution in [3.05, 3.63) is 39.6 Å². The van der Waals surface area contributed by atoms with E-state index in [-0.39, 0.29) is 5.56 Å². The second-order valence-corrected chi connectivity index (χ2v) is 3.30. The zero-order valence-electron chi connectivity index (χ0n) is 8.07. The number of pyridine rings is 1. The summed E-state index contributed by atoms with van der Waals surface area (Å²) < 4.78 is 1.71. The van der Waals surface area contributed by atoms with Gasteiger partial charge in [0, 0.05) is 17.1 Å². The lowest BCUT2D eigenvalue weighted by Gasteiger charge is -1.91. The highest BCUT2D eigenvalue weighted by Crippen LogP contribution is 2.11. The maximum Gasteiger partial charge on any atom is 0.255 e. The number of hydrogen-bond acceptors (Lipinski definition) is 2. The first-order valence-electron chi connectivity index (χ1n) is 4.35. The van der Waals surface area contributed by atoms with Crippen LogP contribution in [0, 0.1) is 6.92 Å². The molecule has 3 heteroatoms. The lowest BCUT2D eigenvalue weighted by Crippen LogP contribution is -2.10. The molecule has 2 heterocycles. The van der Waals surface area contributed by atoms with Gasteiger partial charge in [0.05, 0.1) is 0 Å². The van der Waals surface area contributed by atoms with Crippen LogP contribution >= 0.6 is 11.3 Å². The van der Waals surface area contributed by atoms with Crippen LogP contribution < -0.4 is 5.56 Å². The predicted molar refractivity (Wildman–Crippen MR) is 57.6 cm³/mol. The second kappa shape index (κ2) is 4.23. The van der Waals surface area contributed by atoms with Gasteiger partial charge in [0.1, 0.15) is 4.83 Å². The highest BCUT2D eigenvalue weighted by Gasteiger charge is 1.98. The Hall–Kier alpha value is -1.09. The lowest BCUT2D eigenvalue weighted by atomic mass is 10.4. The Labute approximate surface area is 81.5 Å². The third-order valence-electron chi connectivity index (χ3n) is 1.62. The van der Waals surface area contributed by atoms with Crippen molar-refractivity contribution < 1.29 is 0 Å². The summed E-state index contributed by atoms with van der Waals surface area (Å²) in [6.45, 7) is 5.94. The molecule has 0 fully saturated rings. The van der Waals surface area contributed by atoms with E-state index in [4.69, 9.17) is 0 Å². The Bertz CT molecular complexity index is 441. The number of thiazole rings is 1. The van der Waals surface area contributed by atoms with Crippen molar-refractivity contribution >= 4 is 16.2 Å². The number of rotatable bonds is 0.